The second-order valence-electron chi connectivity index (χ2n) is 6.98. The summed E-state index contributed by atoms with van der Waals surface area (Å²) < 4.78 is 11.4. The normalized spacial score (nSPS) is 11.0. The van der Waals surface area contributed by atoms with Gasteiger partial charge in [-0.25, -0.2) is 4.99 Å². The monoisotopic (exact) mass is 412 g/mol. The number of hydrogen-bond acceptors (Lipinski definition) is 4. The molecule has 0 fully saturated rings. The minimum Gasteiger partial charge on any atom is -0.492 e. The van der Waals surface area contributed by atoms with Crippen molar-refractivity contribution in [3.63, 3.8) is 0 Å². The van der Waals surface area contributed by atoms with Gasteiger partial charge < -0.3 is 24.6 Å². The number of para-hydroxylation sites is 1. The van der Waals surface area contributed by atoms with Crippen LogP contribution in [0.15, 0.2) is 59.6 Å². The molecule has 7 nitrogen and oxygen atoms in total. The number of aliphatic imine (C=N–C) groups is 1. The molecule has 0 aliphatic heterocycles. The van der Waals surface area contributed by atoms with Crippen molar-refractivity contribution >= 4 is 11.9 Å². The minimum absolute atomic E-state index is 0.0204. The Morgan fingerprint density at radius 2 is 1.73 bits per heavy atom. The third-order valence-corrected chi connectivity index (χ3v) is 4.31. The van der Waals surface area contributed by atoms with Crippen LogP contribution in [0, 0.1) is 0 Å². The Hall–Kier alpha value is -3.22. The van der Waals surface area contributed by atoms with E-state index in [1.807, 2.05) is 73.5 Å². The van der Waals surface area contributed by atoms with Crippen LogP contribution in [0.5, 0.6) is 11.5 Å². The molecule has 7 heteroatoms. The SMILES string of the molecule is CCNC(=NCc1cccc(OCC(=O)N(C)C)c1)N(C)CCOc1ccccc1. The highest BCUT2D eigenvalue weighted by Crippen LogP contribution is 2.14. The number of guanidine groups is 1. The van der Waals surface area contributed by atoms with Gasteiger partial charge in [-0.1, -0.05) is 30.3 Å². The Balaban J connectivity index is 1.91. The van der Waals surface area contributed by atoms with Crippen molar-refractivity contribution < 1.29 is 14.3 Å². The molecule has 0 saturated carbocycles. The number of rotatable bonds is 10. The minimum atomic E-state index is -0.0767. The summed E-state index contributed by atoms with van der Waals surface area (Å²) in [7, 11) is 5.41. The third kappa shape index (κ3) is 8.03. The predicted molar refractivity (Wildman–Crippen MR) is 120 cm³/mol. The lowest BCUT2D eigenvalue weighted by Crippen LogP contribution is -2.40. The molecule has 1 amide bonds. The van der Waals surface area contributed by atoms with E-state index in [9.17, 15) is 4.79 Å². The molecule has 2 aromatic carbocycles. The van der Waals surface area contributed by atoms with Crippen molar-refractivity contribution in [3.05, 3.63) is 60.2 Å². The van der Waals surface area contributed by atoms with Crippen LogP contribution in [0.3, 0.4) is 0 Å². The Labute approximate surface area is 179 Å². The number of carbonyl (C=O) groups is 1. The van der Waals surface area contributed by atoms with Crippen LogP contribution in [0.1, 0.15) is 12.5 Å². The lowest BCUT2D eigenvalue weighted by atomic mass is 10.2. The third-order valence-electron chi connectivity index (χ3n) is 4.31. The van der Waals surface area contributed by atoms with Gasteiger partial charge in [-0.15, -0.1) is 0 Å². The van der Waals surface area contributed by atoms with E-state index in [0.29, 0.717) is 25.4 Å². The standard InChI is InChI=1S/C23H32N4O3/c1-5-24-23(27(4)14-15-29-20-11-7-6-8-12-20)25-17-19-10-9-13-21(16-19)30-18-22(28)26(2)3/h6-13,16H,5,14-15,17-18H2,1-4H3,(H,24,25). The molecule has 0 radical (unpaired) electrons. The van der Waals surface area contributed by atoms with Crippen LogP contribution < -0.4 is 14.8 Å². The number of benzene rings is 2. The maximum atomic E-state index is 11.7. The van der Waals surface area contributed by atoms with E-state index in [1.165, 1.54) is 4.90 Å². The Morgan fingerprint density at radius 3 is 2.43 bits per heavy atom. The Kier molecular flexibility index (Phi) is 9.51. The molecule has 1 N–H and O–H groups in total. The van der Waals surface area contributed by atoms with Crippen LogP contribution in [0.25, 0.3) is 0 Å². The average molecular weight is 413 g/mol. The number of nitrogens with zero attached hydrogens (tertiary/aromatic N) is 3. The van der Waals surface area contributed by atoms with E-state index >= 15 is 0 Å². The molecule has 30 heavy (non-hydrogen) atoms. The van der Waals surface area contributed by atoms with Crippen LogP contribution in [0.2, 0.25) is 0 Å². The molecular weight excluding hydrogens is 380 g/mol. The zero-order chi connectivity index (χ0) is 21.8. The summed E-state index contributed by atoms with van der Waals surface area (Å²) in [6.45, 7) is 4.61. The molecule has 0 bridgehead atoms. The molecule has 0 heterocycles. The largest absolute Gasteiger partial charge is 0.492 e. The van der Waals surface area contributed by atoms with Gasteiger partial charge in [-0.2, -0.15) is 0 Å². The quantitative estimate of drug-likeness (QED) is 0.480. The number of likely N-dealkylation sites (N-methyl/N-ethyl adjacent to an activating group) is 2. The van der Waals surface area contributed by atoms with Crippen molar-refractivity contribution in [3.8, 4) is 11.5 Å². The summed E-state index contributed by atoms with van der Waals surface area (Å²) in [5, 5.41) is 3.31. The fraction of sp³-hybridized carbons (Fsp3) is 0.391. The van der Waals surface area contributed by atoms with E-state index in [-0.39, 0.29) is 12.5 Å². The first-order chi connectivity index (χ1) is 14.5. The van der Waals surface area contributed by atoms with Gasteiger partial charge in [-0.3, -0.25) is 4.79 Å². The molecule has 0 atom stereocenters. The highest BCUT2D eigenvalue weighted by atomic mass is 16.5. The van der Waals surface area contributed by atoms with Gasteiger partial charge in [0.05, 0.1) is 13.1 Å². The zero-order valence-electron chi connectivity index (χ0n) is 18.3. The van der Waals surface area contributed by atoms with Crippen molar-refractivity contribution in [2.24, 2.45) is 4.99 Å². The topological polar surface area (TPSA) is 66.4 Å². The van der Waals surface area contributed by atoms with Crippen molar-refractivity contribution in [2.45, 2.75) is 13.5 Å². The number of carbonyl (C=O) groups excluding carboxylic acids is 1. The van der Waals surface area contributed by atoms with E-state index in [0.717, 1.165) is 23.8 Å². The first-order valence-corrected chi connectivity index (χ1v) is 10.1. The van der Waals surface area contributed by atoms with Crippen LogP contribution >= 0.6 is 0 Å². The van der Waals surface area contributed by atoms with Gasteiger partial charge in [0.1, 0.15) is 18.1 Å². The lowest BCUT2D eigenvalue weighted by Gasteiger charge is -2.22. The zero-order valence-corrected chi connectivity index (χ0v) is 18.3. The summed E-state index contributed by atoms with van der Waals surface area (Å²) in [5.41, 5.74) is 1.01. The fourth-order valence-electron chi connectivity index (χ4n) is 2.57. The van der Waals surface area contributed by atoms with Crippen LogP contribution in [0.4, 0.5) is 0 Å². The Morgan fingerprint density at radius 1 is 1.00 bits per heavy atom. The second kappa shape index (κ2) is 12.4. The van der Waals surface area contributed by atoms with Gasteiger partial charge in [-0.05, 0) is 36.8 Å². The Bertz CT molecular complexity index is 809. The van der Waals surface area contributed by atoms with Gasteiger partial charge in [0.25, 0.3) is 5.91 Å². The molecule has 2 aromatic rings. The van der Waals surface area contributed by atoms with Gasteiger partial charge >= 0.3 is 0 Å². The van der Waals surface area contributed by atoms with E-state index in [4.69, 9.17) is 14.5 Å². The van der Waals surface area contributed by atoms with Crippen LogP contribution in [-0.4, -0.2) is 69.1 Å². The molecule has 0 aliphatic carbocycles. The molecule has 0 saturated heterocycles. The number of ether oxygens (including phenoxy) is 2. The fourth-order valence-corrected chi connectivity index (χ4v) is 2.57. The summed E-state index contributed by atoms with van der Waals surface area (Å²) in [4.78, 5) is 20.0. The summed E-state index contributed by atoms with van der Waals surface area (Å²) >= 11 is 0. The number of amides is 1. The lowest BCUT2D eigenvalue weighted by molar-refractivity contribution is -0.130. The molecule has 0 spiro atoms. The first kappa shape index (κ1) is 23.1. The van der Waals surface area contributed by atoms with Crippen molar-refractivity contribution in [1.82, 2.24) is 15.1 Å². The van der Waals surface area contributed by atoms with Crippen molar-refractivity contribution in [1.29, 1.82) is 0 Å². The van der Waals surface area contributed by atoms with Crippen molar-refractivity contribution in [2.75, 3.05) is 47.4 Å². The smallest absolute Gasteiger partial charge is 0.259 e. The summed E-state index contributed by atoms with van der Waals surface area (Å²) in [6, 6.07) is 17.4. The molecular formula is C23H32N4O3. The number of nitrogens with one attached hydrogen (secondary N) is 1. The molecule has 2 rings (SSSR count). The van der Waals surface area contributed by atoms with Gasteiger partial charge in [0.2, 0.25) is 0 Å². The maximum Gasteiger partial charge on any atom is 0.259 e. The highest BCUT2D eigenvalue weighted by molar-refractivity contribution is 5.79. The molecule has 0 aliphatic rings. The van der Waals surface area contributed by atoms with Gasteiger partial charge in [0, 0.05) is 27.7 Å². The van der Waals surface area contributed by atoms with E-state index in [2.05, 4.69) is 5.32 Å². The first-order valence-electron chi connectivity index (χ1n) is 10.1. The van der Waals surface area contributed by atoms with Crippen LogP contribution in [-0.2, 0) is 11.3 Å². The van der Waals surface area contributed by atoms with Gasteiger partial charge in [0.15, 0.2) is 12.6 Å². The van der Waals surface area contributed by atoms with E-state index in [1.54, 1.807) is 14.1 Å². The van der Waals surface area contributed by atoms with E-state index < -0.39 is 0 Å². The summed E-state index contributed by atoms with van der Waals surface area (Å²) in [6.07, 6.45) is 0. The highest BCUT2D eigenvalue weighted by Gasteiger charge is 2.07. The maximum absolute atomic E-state index is 11.7. The molecule has 162 valence electrons. The average Bonchev–Trinajstić information content (AvgIpc) is 2.75. The summed E-state index contributed by atoms with van der Waals surface area (Å²) in [5.74, 6) is 2.25. The number of hydrogen-bond donors (Lipinski definition) is 1. The molecule has 0 aromatic heterocycles. The predicted octanol–water partition coefficient (Wildman–Crippen LogP) is 2.63. The second-order valence-corrected chi connectivity index (χ2v) is 6.98. The molecule has 0 unspecified atom stereocenters.